The highest BCUT2D eigenvalue weighted by atomic mass is 19.3. The first-order valence-corrected chi connectivity index (χ1v) is 11.2. The van der Waals surface area contributed by atoms with Crippen LogP contribution in [0.1, 0.15) is 16.7 Å². The molecule has 3 rings (SSSR count). The number of urea groups is 1. The fourth-order valence-electron chi connectivity index (χ4n) is 3.73. The predicted octanol–water partition coefficient (Wildman–Crippen LogP) is 5.48. The van der Waals surface area contributed by atoms with Gasteiger partial charge >= 0.3 is 18.6 Å². The lowest BCUT2D eigenvalue weighted by Gasteiger charge is -2.37. The molecule has 3 aromatic carbocycles. The Bertz CT molecular complexity index is 1210. The molecule has 0 radical (unpaired) electrons. The summed E-state index contributed by atoms with van der Waals surface area (Å²) in [6.07, 6.45) is -9.05. The summed E-state index contributed by atoms with van der Waals surface area (Å²) < 4.78 is 98.0. The summed E-state index contributed by atoms with van der Waals surface area (Å²) in [4.78, 5) is 12.9. The minimum atomic E-state index is -4.82. The molecule has 0 unspecified atom stereocenters. The van der Waals surface area contributed by atoms with Gasteiger partial charge in [0.25, 0.3) is 5.92 Å². The van der Waals surface area contributed by atoms with Gasteiger partial charge in [0.1, 0.15) is 18.2 Å². The lowest BCUT2D eigenvalue weighted by Crippen LogP contribution is -2.54. The van der Waals surface area contributed by atoms with E-state index in [9.17, 15) is 35.5 Å². The average molecular weight is 544 g/mol. The molecule has 0 aliphatic heterocycles. The fraction of sp³-hybridized carbons (Fsp3) is 0.269. The Balaban J connectivity index is 2.15. The van der Waals surface area contributed by atoms with Crippen LogP contribution in [0.5, 0.6) is 5.75 Å². The van der Waals surface area contributed by atoms with E-state index in [4.69, 9.17) is 5.11 Å². The number of rotatable bonds is 11. The van der Waals surface area contributed by atoms with E-state index in [0.29, 0.717) is 5.56 Å². The molecule has 0 aliphatic carbocycles. The van der Waals surface area contributed by atoms with Gasteiger partial charge in [0.2, 0.25) is 0 Å². The average Bonchev–Trinajstić information content (AvgIpc) is 2.88. The van der Waals surface area contributed by atoms with E-state index in [1.165, 1.54) is 24.3 Å². The number of alkyl halides is 6. The number of carbonyl (C=O) groups is 1. The molecule has 12 heteroatoms. The normalized spacial score (nSPS) is 13.6. The maximum atomic E-state index is 13.8. The maximum absolute atomic E-state index is 13.8. The molecular weight excluding hydrogens is 521 g/mol. The van der Waals surface area contributed by atoms with Crippen molar-refractivity contribution in [3.05, 3.63) is 101 Å². The Morgan fingerprint density at radius 2 is 1.55 bits per heavy atom. The predicted molar refractivity (Wildman–Crippen MR) is 124 cm³/mol. The molecule has 0 aliphatic rings. The topological polar surface area (TPSA) is 70.6 Å². The molecule has 3 aromatic rings. The van der Waals surface area contributed by atoms with Crippen molar-refractivity contribution in [2.45, 2.75) is 30.4 Å². The third-order valence-electron chi connectivity index (χ3n) is 5.55. The van der Waals surface area contributed by atoms with Gasteiger partial charge in [-0.3, -0.25) is 0 Å². The molecule has 2 amide bonds. The van der Waals surface area contributed by atoms with Crippen molar-refractivity contribution in [3.8, 4) is 5.75 Å². The monoisotopic (exact) mass is 544 g/mol. The second-order valence-corrected chi connectivity index (χ2v) is 8.39. The van der Waals surface area contributed by atoms with Gasteiger partial charge in [-0.15, -0.1) is 0 Å². The van der Waals surface area contributed by atoms with Crippen LogP contribution in [-0.2, 0) is 12.0 Å². The van der Waals surface area contributed by atoms with Gasteiger partial charge in [0, 0.05) is 6.42 Å². The minimum absolute atomic E-state index is 0.0413. The van der Waals surface area contributed by atoms with Crippen molar-refractivity contribution in [3.63, 3.8) is 0 Å². The van der Waals surface area contributed by atoms with Crippen LogP contribution in [0.15, 0.2) is 78.9 Å². The van der Waals surface area contributed by atoms with Gasteiger partial charge in [-0.2, -0.15) is 17.6 Å². The van der Waals surface area contributed by atoms with Crippen LogP contribution in [0.25, 0.3) is 0 Å². The number of carbonyl (C=O) groups excluding carboxylic acids is 1. The molecule has 0 bridgehead atoms. The molecular formula is C26H23F7N2O3. The minimum Gasteiger partial charge on any atom is -0.428 e. The van der Waals surface area contributed by atoms with Crippen LogP contribution in [-0.4, -0.2) is 42.7 Å². The van der Waals surface area contributed by atoms with Crippen LogP contribution in [0.2, 0.25) is 0 Å². The summed E-state index contributed by atoms with van der Waals surface area (Å²) in [7, 11) is 0. The van der Waals surface area contributed by atoms with E-state index in [2.05, 4.69) is 10.1 Å². The highest BCUT2D eigenvalue weighted by molar-refractivity contribution is 5.76. The number of benzene rings is 3. The fourth-order valence-corrected chi connectivity index (χ4v) is 3.73. The molecule has 38 heavy (non-hydrogen) atoms. The Labute approximate surface area is 213 Å². The molecule has 1 atom stereocenters. The second kappa shape index (κ2) is 11.7. The van der Waals surface area contributed by atoms with Crippen molar-refractivity contribution >= 4 is 6.03 Å². The molecule has 0 heterocycles. The Morgan fingerprint density at radius 3 is 2.16 bits per heavy atom. The SMILES string of the molecule is O=C(NCC(F)(F)CO)N[C@](Cc1ccccc1)(c1ccc(F)cc1)c1cccc(OC(F)(F)C(F)F)c1. The summed E-state index contributed by atoms with van der Waals surface area (Å²) in [5.41, 5.74) is -0.876. The van der Waals surface area contributed by atoms with Gasteiger partial charge in [-0.25, -0.2) is 18.0 Å². The van der Waals surface area contributed by atoms with E-state index in [0.717, 1.165) is 24.3 Å². The van der Waals surface area contributed by atoms with Crippen LogP contribution < -0.4 is 15.4 Å². The first-order valence-electron chi connectivity index (χ1n) is 11.2. The first kappa shape index (κ1) is 28.8. The molecule has 0 spiro atoms. The van der Waals surface area contributed by atoms with Gasteiger partial charge in [0.05, 0.1) is 12.1 Å². The lowest BCUT2D eigenvalue weighted by molar-refractivity contribution is -0.253. The number of aliphatic hydroxyl groups is 1. The van der Waals surface area contributed by atoms with Crippen LogP contribution >= 0.6 is 0 Å². The van der Waals surface area contributed by atoms with Crippen molar-refractivity contribution in [2.75, 3.05) is 13.2 Å². The number of nitrogens with one attached hydrogen (secondary N) is 2. The third-order valence-corrected chi connectivity index (χ3v) is 5.55. The van der Waals surface area contributed by atoms with Crippen molar-refractivity contribution in [1.82, 2.24) is 10.6 Å². The lowest BCUT2D eigenvalue weighted by atomic mass is 9.78. The number of hydrogen-bond acceptors (Lipinski definition) is 3. The molecule has 204 valence electrons. The highest BCUT2D eigenvalue weighted by Gasteiger charge is 2.44. The smallest absolute Gasteiger partial charge is 0.428 e. The largest absolute Gasteiger partial charge is 0.461 e. The van der Waals surface area contributed by atoms with E-state index < -0.39 is 54.7 Å². The van der Waals surface area contributed by atoms with Gasteiger partial charge in [-0.1, -0.05) is 54.6 Å². The van der Waals surface area contributed by atoms with Crippen LogP contribution in [0.3, 0.4) is 0 Å². The number of hydrogen-bond donors (Lipinski definition) is 3. The van der Waals surface area contributed by atoms with Crippen molar-refractivity contribution in [1.29, 1.82) is 0 Å². The third kappa shape index (κ3) is 7.15. The van der Waals surface area contributed by atoms with E-state index in [1.807, 2.05) is 5.32 Å². The maximum Gasteiger partial charge on any atom is 0.461 e. The first-order chi connectivity index (χ1) is 17.9. The number of aliphatic hydroxyl groups excluding tert-OH is 1. The Hall–Kier alpha value is -3.80. The summed E-state index contributed by atoms with van der Waals surface area (Å²) in [6, 6.07) is 16.6. The summed E-state index contributed by atoms with van der Waals surface area (Å²) in [5, 5.41) is 13.3. The van der Waals surface area contributed by atoms with Crippen LogP contribution in [0, 0.1) is 5.82 Å². The van der Waals surface area contributed by atoms with Crippen LogP contribution in [0.4, 0.5) is 35.5 Å². The molecule has 5 nitrogen and oxygen atoms in total. The standard InChI is InChI=1S/C26H23F7N2O3/c27-20-11-9-18(10-12-20)25(14-17-5-2-1-3-6-17,35-23(37)34-15-24(30,31)16-36)19-7-4-8-21(13-19)38-26(32,33)22(28)29/h1-13,22,36H,14-16H2,(H2,34,35,37)/t25-/m1/s1. The Morgan fingerprint density at radius 1 is 0.895 bits per heavy atom. The second-order valence-electron chi connectivity index (χ2n) is 8.39. The number of ether oxygens (including phenoxy) is 1. The number of halogens is 7. The number of amides is 2. The molecule has 3 N–H and O–H groups in total. The molecule has 0 fully saturated rings. The summed E-state index contributed by atoms with van der Waals surface area (Å²) in [5.74, 6) is -4.94. The summed E-state index contributed by atoms with van der Waals surface area (Å²) >= 11 is 0. The van der Waals surface area contributed by atoms with Gasteiger partial charge in [0.15, 0.2) is 0 Å². The summed E-state index contributed by atoms with van der Waals surface area (Å²) in [6.45, 7) is -2.76. The van der Waals surface area contributed by atoms with Gasteiger partial charge < -0.3 is 20.5 Å². The molecule has 0 saturated carbocycles. The van der Waals surface area contributed by atoms with E-state index >= 15 is 0 Å². The highest BCUT2D eigenvalue weighted by Crippen LogP contribution is 2.37. The quantitative estimate of drug-likeness (QED) is 0.280. The Kier molecular flexibility index (Phi) is 8.87. The molecule has 0 aromatic heterocycles. The zero-order valence-electron chi connectivity index (χ0n) is 19.6. The van der Waals surface area contributed by atoms with Crippen molar-refractivity contribution in [2.24, 2.45) is 0 Å². The zero-order chi connectivity index (χ0) is 28.0. The molecule has 0 saturated heterocycles. The van der Waals surface area contributed by atoms with E-state index in [1.54, 1.807) is 30.3 Å². The van der Waals surface area contributed by atoms with Gasteiger partial charge in [-0.05, 0) is 41.0 Å². The van der Waals surface area contributed by atoms with E-state index in [-0.39, 0.29) is 17.5 Å². The zero-order valence-corrected chi connectivity index (χ0v) is 19.6. The van der Waals surface area contributed by atoms with Crippen molar-refractivity contribution < 1.29 is 45.4 Å².